The lowest BCUT2D eigenvalue weighted by Gasteiger charge is -2.11. The fourth-order valence-electron chi connectivity index (χ4n) is 2.87. The van der Waals surface area contributed by atoms with Gasteiger partial charge >= 0.3 is 0 Å². The number of imidazole rings is 1. The smallest absolute Gasteiger partial charge is 0.276 e. The second-order valence-electron chi connectivity index (χ2n) is 6.45. The Labute approximate surface area is 152 Å². The second-order valence-corrected chi connectivity index (χ2v) is 6.45. The van der Waals surface area contributed by atoms with Gasteiger partial charge in [-0.2, -0.15) is 0 Å². The van der Waals surface area contributed by atoms with Crippen LogP contribution in [-0.2, 0) is 6.42 Å². The van der Waals surface area contributed by atoms with Crippen molar-refractivity contribution in [3.05, 3.63) is 54.1 Å². The Kier molecular flexibility index (Phi) is 5.11. The van der Waals surface area contributed by atoms with Crippen LogP contribution in [0.4, 0.5) is 5.69 Å². The van der Waals surface area contributed by atoms with Gasteiger partial charge in [-0.05, 0) is 30.2 Å². The molecule has 0 fully saturated rings. The lowest BCUT2D eigenvalue weighted by Crippen LogP contribution is -2.14. The topological polar surface area (TPSA) is 64.9 Å². The van der Waals surface area contributed by atoms with Crippen molar-refractivity contribution in [3.63, 3.8) is 0 Å². The van der Waals surface area contributed by atoms with Gasteiger partial charge in [0.1, 0.15) is 17.3 Å². The summed E-state index contributed by atoms with van der Waals surface area (Å²) >= 11 is 0. The molecular weight excluding hydrogens is 330 g/mol. The number of methoxy groups -OCH3 is 2. The Morgan fingerprint density at radius 2 is 2.00 bits per heavy atom. The third-order valence-electron chi connectivity index (χ3n) is 4.08. The maximum absolute atomic E-state index is 12.9. The lowest BCUT2D eigenvalue weighted by atomic mass is 10.1. The Morgan fingerprint density at radius 3 is 2.69 bits per heavy atom. The van der Waals surface area contributed by atoms with Gasteiger partial charge in [-0.15, -0.1) is 0 Å². The van der Waals surface area contributed by atoms with E-state index in [0.717, 1.165) is 17.8 Å². The van der Waals surface area contributed by atoms with E-state index in [4.69, 9.17) is 9.47 Å². The van der Waals surface area contributed by atoms with Crippen molar-refractivity contribution in [1.82, 2.24) is 9.38 Å². The molecule has 0 atom stereocenters. The molecule has 0 aliphatic carbocycles. The highest BCUT2D eigenvalue weighted by Crippen LogP contribution is 2.29. The minimum atomic E-state index is -0.282. The molecule has 0 aliphatic rings. The van der Waals surface area contributed by atoms with Crippen LogP contribution in [0.2, 0.25) is 0 Å². The zero-order valence-corrected chi connectivity index (χ0v) is 15.4. The average molecular weight is 353 g/mol. The van der Waals surface area contributed by atoms with Crippen LogP contribution < -0.4 is 14.8 Å². The van der Waals surface area contributed by atoms with Crippen molar-refractivity contribution >= 4 is 17.1 Å². The van der Waals surface area contributed by atoms with E-state index in [2.05, 4.69) is 24.1 Å². The summed E-state index contributed by atoms with van der Waals surface area (Å²) in [6.45, 7) is 4.26. The van der Waals surface area contributed by atoms with Crippen LogP contribution in [0.1, 0.15) is 30.2 Å². The molecule has 2 heterocycles. The predicted octanol–water partition coefficient (Wildman–Crippen LogP) is 3.80. The van der Waals surface area contributed by atoms with Crippen LogP contribution in [0.25, 0.3) is 5.52 Å². The number of nitrogens with zero attached hydrogens (tertiary/aromatic N) is 2. The Hall–Kier alpha value is -3.02. The van der Waals surface area contributed by atoms with E-state index in [1.807, 2.05) is 28.8 Å². The fourth-order valence-corrected chi connectivity index (χ4v) is 2.87. The van der Waals surface area contributed by atoms with Gasteiger partial charge in [-0.1, -0.05) is 19.9 Å². The van der Waals surface area contributed by atoms with Crippen molar-refractivity contribution in [2.75, 3.05) is 19.5 Å². The minimum absolute atomic E-state index is 0.282. The molecule has 136 valence electrons. The van der Waals surface area contributed by atoms with Gasteiger partial charge in [-0.3, -0.25) is 4.79 Å². The van der Waals surface area contributed by atoms with Gasteiger partial charge < -0.3 is 19.2 Å². The second kappa shape index (κ2) is 7.47. The van der Waals surface area contributed by atoms with Gasteiger partial charge in [0.05, 0.1) is 25.4 Å². The number of rotatable bonds is 6. The first-order chi connectivity index (χ1) is 12.5. The molecule has 0 spiro atoms. The van der Waals surface area contributed by atoms with Gasteiger partial charge in [0, 0.05) is 18.7 Å². The number of aromatic nitrogens is 2. The number of carbonyl (C=O) groups is 1. The molecule has 6 heteroatoms. The molecular formula is C20H23N3O3. The quantitative estimate of drug-likeness (QED) is 0.732. The van der Waals surface area contributed by atoms with Gasteiger partial charge in [-0.25, -0.2) is 4.98 Å². The summed E-state index contributed by atoms with van der Waals surface area (Å²) in [5, 5.41) is 2.89. The largest absolute Gasteiger partial charge is 0.497 e. The van der Waals surface area contributed by atoms with Crippen LogP contribution in [0.5, 0.6) is 11.5 Å². The molecule has 0 unspecified atom stereocenters. The molecule has 0 aliphatic heterocycles. The van der Waals surface area contributed by atoms with Crippen LogP contribution in [-0.4, -0.2) is 29.5 Å². The third kappa shape index (κ3) is 3.49. The normalized spacial score (nSPS) is 11.0. The van der Waals surface area contributed by atoms with Crippen molar-refractivity contribution in [1.29, 1.82) is 0 Å². The summed E-state index contributed by atoms with van der Waals surface area (Å²) in [5.41, 5.74) is 1.72. The first-order valence-corrected chi connectivity index (χ1v) is 8.52. The summed E-state index contributed by atoms with van der Waals surface area (Å²) in [5.74, 6) is 2.23. The zero-order valence-electron chi connectivity index (χ0n) is 15.4. The molecule has 0 saturated heterocycles. The van der Waals surface area contributed by atoms with E-state index in [-0.39, 0.29) is 5.91 Å². The molecule has 1 aromatic carbocycles. The average Bonchev–Trinajstić information content (AvgIpc) is 3.00. The molecule has 6 nitrogen and oxygen atoms in total. The number of pyridine rings is 1. The van der Waals surface area contributed by atoms with Crippen LogP contribution >= 0.6 is 0 Å². The fraction of sp³-hybridized carbons (Fsp3) is 0.300. The number of carbonyl (C=O) groups excluding carboxylic acids is 1. The van der Waals surface area contributed by atoms with Crippen LogP contribution in [0.15, 0.2) is 42.6 Å². The monoisotopic (exact) mass is 353 g/mol. The maximum atomic E-state index is 12.9. The lowest BCUT2D eigenvalue weighted by molar-refractivity contribution is 0.102. The van der Waals surface area contributed by atoms with E-state index < -0.39 is 0 Å². The van der Waals surface area contributed by atoms with E-state index in [1.165, 1.54) is 0 Å². The van der Waals surface area contributed by atoms with Gasteiger partial charge in [0.15, 0.2) is 5.69 Å². The van der Waals surface area contributed by atoms with Crippen LogP contribution in [0.3, 0.4) is 0 Å². The maximum Gasteiger partial charge on any atom is 0.276 e. The molecule has 0 saturated carbocycles. The molecule has 3 aromatic rings. The van der Waals surface area contributed by atoms with Crippen molar-refractivity contribution < 1.29 is 14.3 Å². The van der Waals surface area contributed by atoms with Gasteiger partial charge in [0.2, 0.25) is 0 Å². The number of hydrogen-bond donors (Lipinski definition) is 1. The number of anilines is 1. The summed E-state index contributed by atoms with van der Waals surface area (Å²) in [7, 11) is 3.14. The Bertz CT molecular complexity index is 931. The first kappa shape index (κ1) is 17.8. The molecule has 26 heavy (non-hydrogen) atoms. The number of nitrogens with one attached hydrogen (secondary N) is 1. The highest BCUT2D eigenvalue weighted by atomic mass is 16.5. The molecule has 0 bridgehead atoms. The number of fused-ring (bicyclic) bond motifs is 1. The molecule has 0 radical (unpaired) electrons. The van der Waals surface area contributed by atoms with Crippen LogP contribution in [0, 0.1) is 5.92 Å². The number of amides is 1. The van der Waals surface area contributed by atoms with Crippen molar-refractivity contribution in [3.8, 4) is 11.5 Å². The summed E-state index contributed by atoms with van der Waals surface area (Å²) in [6.07, 6.45) is 2.73. The standard InChI is InChI=1S/C20H23N3O3/c1-13(2)11-18-22-19(16-7-5-6-10-23(16)18)20(24)21-15-12-14(25-3)8-9-17(15)26-4/h5-10,12-13H,11H2,1-4H3,(H,21,24). The van der Waals surface area contributed by atoms with E-state index in [9.17, 15) is 4.79 Å². The van der Waals surface area contributed by atoms with Crippen molar-refractivity contribution in [2.24, 2.45) is 5.92 Å². The summed E-state index contributed by atoms with van der Waals surface area (Å²) in [4.78, 5) is 17.5. The minimum Gasteiger partial charge on any atom is -0.497 e. The van der Waals surface area contributed by atoms with Crippen molar-refractivity contribution in [2.45, 2.75) is 20.3 Å². The van der Waals surface area contributed by atoms with E-state index >= 15 is 0 Å². The summed E-state index contributed by atoms with van der Waals surface area (Å²) < 4.78 is 12.5. The highest BCUT2D eigenvalue weighted by molar-refractivity contribution is 6.08. The van der Waals surface area contributed by atoms with Gasteiger partial charge in [0.25, 0.3) is 5.91 Å². The third-order valence-corrected chi connectivity index (χ3v) is 4.08. The molecule has 1 amide bonds. The first-order valence-electron chi connectivity index (χ1n) is 8.52. The van der Waals surface area contributed by atoms with E-state index in [0.29, 0.717) is 28.8 Å². The number of ether oxygens (including phenoxy) is 2. The Morgan fingerprint density at radius 1 is 1.19 bits per heavy atom. The zero-order chi connectivity index (χ0) is 18.7. The van der Waals surface area contributed by atoms with E-state index in [1.54, 1.807) is 32.4 Å². The number of benzene rings is 1. The predicted molar refractivity (Wildman–Crippen MR) is 101 cm³/mol. The number of hydrogen-bond acceptors (Lipinski definition) is 4. The molecule has 2 aromatic heterocycles. The highest BCUT2D eigenvalue weighted by Gasteiger charge is 2.19. The molecule has 3 rings (SSSR count). The SMILES string of the molecule is COc1ccc(OC)c(NC(=O)c2nc(CC(C)C)n3ccccc23)c1. The molecule has 1 N–H and O–H groups in total. The Balaban J connectivity index is 1.98. The summed E-state index contributed by atoms with van der Waals surface area (Å²) in [6, 6.07) is 11.0.